The summed E-state index contributed by atoms with van der Waals surface area (Å²) < 4.78 is 30.2. The molecule has 4 aromatic carbocycles. The topological polar surface area (TPSA) is 104 Å². The van der Waals surface area contributed by atoms with E-state index in [-0.39, 0.29) is 0 Å². The Hall–Kier alpha value is -4.37. The summed E-state index contributed by atoms with van der Waals surface area (Å²) >= 11 is 0. The second-order valence-electron chi connectivity index (χ2n) is 11.0. The highest BCUT2D eigenvalue weighted by atomic mass is 16.6. The van der Waals surface area contributed by atoms with Crippen molar-refractivity contribution in [2.24, 2.45) is 0 Å². The van der Waals surface area contributed by atoms with Gasteiger partial charge in [0.15, 0.2) is 0 Å². The first-order chi connectivity index (χ1) is 22.8. The second-order valence-corrected chi connectivity index (χ2v) is 11.0. The van der Waals surface area contributed by atoms with Crippen LogP contribution in [-0.4, -0.2) is 94.2 Å². The van der Waals surface area contributed by atoms with Gasteiger partial charge in [0, 0.05) is 35.1 Å². The first-order valence-electron chi connectivity index (χ1n) is 15.8. The SMILES string of the molecule is N#Cc1c2ccccc2c(Cn2cc(-c3ccc(N4CCOCCOCCOCCOCCOCC4)cc3)nn2)c2ccccc12. The van der Waals surface area contributed by atoms with Gasteiger partial charge in [0.05, 0.1) is 84.4 Å². The molecule has 1 aliphatic rings. The molecule has 2 heterocycles. The van der Waals surface area contributed by atoms with E-state index in [4.69, 9.17) is 23.7 Å². The summed E-state index contributed by atoms with van der Waals surface area (Å²) in [5, 5.41) is 23.0. The molecule has 0 bridgehead atoms. The van der Waals surface area contributed by atoms with Crippen LogP contribution in [0.1, 0.15) is 11.1 Å². The summed E-state index contributed by atoms with van der Waals surface area (Å²) in [7, 11) is 0. The molecule has 0 radical (unpaired) electrons. The third-order valence-electron chi connectivity index (χ3n) is 8.04. The quantitative estimate of drug-likeness (QED) is 0.254. The van der Waals surface area contributed by atoms with Gasteiger partial charge in [-0.15, -0.1) is 5.10 Å². The minimum atomic E-state index is 0.537. The smallest absolute Gasteiger partial charge is 0.113 e. The lowest BCUT2D eigenvalue weighted by Gasteiger charge is -2.25. The molecule has 0 unspecified atom stereocenters. The number of hydrogen-bond donors (Lipinski definition) is 0. The molecule has 1 aliphatic heterocycles. The Morgan fingerprint density at radius 1 is 0.609 bits per heavy atom. The van der Waals surface area contributed by atoms with Crippen LogP contribution in [0.5, 0.6) is 0 Å². The molecule has 0 saturated carbocycles. The predicted octanol–water partition coefficient (Wildman–Crippen LogP) is 5.07. The number of fused-ring (bicyclic) bond motifs is 2. The minimum absolute atomic E-state index is 0.537. The average Bonchev–Trinajstić information content (AvgIpc) is 3.57. The van der Waals surface area contributed by atoms with Crippen molar-refractivity contribution in [3.63, 3.8) is 0 Å². The fourth-order valence-electron chi connectivity index (χ4n) is 5.72. The van der Waals surface area contributed by atoms with Crippen LogP contribution in [0.3, 0.4) is 0 Å². The van der Waals surface area contributed by atoms with Gasteiger partial charge >= 0.3 is 0 Å². The third-order valence-corrected chi connectivity index (χ3v) is 8.04. The van der Waals surface area contributed by atoms with E-state index in [1.165, 1.54) is 0 Å². The number of rotatable bonds is 4. The molecule has 0 spiro atoms. The highest BCUT2D eigenvalue weighted by molar-refractivity contribution is 6.07. The van der Waals surface area contributed by atoms with E-state index in [1.54, 1.807) is 0 Å². The van der Waals surface area contributed by atoms with Crippen molar-refractivity contribution in [3.8, 4) is 17.3 Å². The van der Waals surface area contributed by atoms with Crippen LogP contribution < -0.4 is 4.90 Å². The average molecular weight is 622 g/mol. The molecule has 46 heavy (non-hydrogen) atoms. The molecule has 1 fully saturated rings. The van der Waals surface area contributed by atoms with E-state index in [2.05, 4.69) is 57.7 Å². The lowest BCUT2D eigenvalue weighted by Crippen LogP contribution is -2.31. The molecule has 6 rings (SSSR count). The summed E-state index contributed by atoms with van der Waals surface area (Å²) in [4.78, 5) is 2.26. The summed E-state index contributed by atoms with van der Waals surface area (Å²) in [6, 6.07) is 26.9. The van der Waals surface area contributed by atoms with Crippen LogP contribution in [0.25, 0.3) is 32.8 Å². The van der Waals surface area contributed by atoms with Gasteiger partial charge in [-0.2, -0.15) is 5.26 Å². The number of aromatic nitrogens is 3. The summed E-state index contributed by atoms with van der Waals surface area (Å²) in [6.45, 7) is 7.49. The number of ether oxygens (including phenoxy) is 5. The Morgan fingerprint density at radius 3 is 1.59 bits per heavy atom. The van der Waals surface area contributed by atoms with Gasteiger partial charge in [-0.05, 0) is 28.5 Å². The number of nitriles is 1. The maximum Gasteiger partial charge on any atom is 0.113 e. The van der Waals surface area contributed by atoms with E-state index < -0.39 is 0 Å². The standard InChI is InChI=1S/C36H39N5O5/c37-25-34-30-5-1-3-7-32(30)35(33-8-4-2-6-31(33)34)26-41-27-36(38-39-41)28-9-11-29(12-10-28)40-13-15-42-17-19-44-21-23-46-24-22-45-20-18-43-16-14-40/h1-12,27H,13-24,26H2. The maximum absolute atomic E-state index is 9.97. The van der Waals surface area contributed by atoms with Crippen LogP contribution in [0, 0.1) is 11.3 Å². The second kappa shape index (κ2) is 16.3. The van der Waals surface area contributed by atoms with Crippen LogP contribution in [0.4, 0.5) is 5.69 Å². The van der Waals surface area contributed by atoms with Crippen LogP contribution in [-0.2, 0) is 30.2 Å². The van der Waals surface area contributed by atoms with Gasteiger partial charge in [0.2, 0.25) is 0 Å². The molecule has 10 heteroatoms. The molecule has 0 aliphatic carbocycles. The number of hydrogen-bond acceptors (Lipinski definition) is 9. The molecular weight excluding hydrogens is 582 g/mol. The Balaban J connectivity index is 1.15. The highest BCUT2D eigenvalue weighted by Crippen LogP contribution is 2.33. The van der Waals surface area contributed by atoms with Gasteiger partial charge in [-0.3, -0.25) is 0 Å². The highest BCUT2D eigenvalue weighted by Gasteiger charge is 2.15. The normalized spacial score (nSPS) is 16.5. The van der Waals surface area contributed by atoms with E-state index in [0.29, 0.717) is 78.2 Å². The van der Waals surface area contributed by atoms with Crippen LogP contribution in [0.2, 0.25) is 0 Å². The van der Waals surface area contributed by atoms with Crippen molar-refractivity contribution in [3.05, 3.63) is 90.1 Å². The lowest BCUT2D eigenvalue weighted by atomic mass is 9.92. The first kappa shape index (κ1) is 31.6. The van der Waals surface area contributed by atoms with Gasteiger partial charge in [0.1, 0.15) is 11.8 Å². The van der Waals surface area contributed by atoms with Gasteiger partial charge < -0.3 is 28.6 Å². The van der Waals surface area contributed by atoms with Crippen molar-refractivity contribution in [1.82, 2.24) is 15.0 Å². The molecule has 0 amide bonds. The van der Waals surface area contributed by atoms with Crippen molar-refractivity contribution < 1.29 is 23.7 Å². The fraction of sp³-hybridized carbons (Fsp3) is 0.361. The molecular formula is C36H39N5O5. The van der Waals surface area contributed by atoms with Crippen molar-refractivity contribution in [2.75, 3.05) is 84.1 Å². The molecule has 238 valence electrons. The molecule has 0 atom stereocenters. The Kier molecular flexibility index (Phi) is 11.2. The van der Waals surface area contributed by atoms with Crippen molar-refractivity contribution in [2.45, 2.75) is 6.54 Å². The number of nitrogens with zero attached hydrogens (tertiary/aromatic N) is 5. The van der Waals surface area contributed by atoms with Gasteiger partial charge in [-0.25, -0.2) is 4.68 Å². The van der Waals surface area contributed by atoms with Crippen molar-refractivity contribution >= 4 is 27.2 Å². The molecule has 5 aromatic rings. The molecule has 0 N–H and O–H groups in total. The fourth-order valence-corrected chi connectivity index (χ4v) is 5.72. The zero-order valence-corrected chi connectivity index (χ0v) is 26.0. The summed E-state index contributed by atoms with van der Waals surface area (Å²) in [5.41, 5.74) is 4.68. The molecule has 10 nitrogen and oxygen atoms in total. The number of benzene rings is 4. The summed E-state index contributed by atoms with van der Waals surface area (Å²) in [6.07, 6.45) is 1.98. The summed E-state index contributed by atoms with van der Waals surface area (Å²) in [5.74, 6) is 0. The van der Waals surface area contributed by atoms with E-state index in [0.717, 1.165) is 57.1 Å². The van der Waals surface area contributed by atoms with E-state index >= 15 is 0 Å². The van der Waals surface area contributed by atoms with Crippen LogP contribution in [0.15, 0.2) is 79.0 Å². The van der Waals surface area contributed by atoms with Crippen LogP contribution >= 0.6 is 0 Å². The Morgan fingerprint density at radius 2 is 1.09 bits per heavy atom. The Bertz CT molecular complexity index is 1680. The van der Waals surface area contributed by atoms with E-state index in [9.17, 15) is 5.26 Å². The zero-order valence-electron chi connectivity index (χ0n) is 26.0. The zero-order chi connectivity index (χ0) is 31.4. The largest absolute Gasteiger partial charge is 0.377 e. The predicted molar refractivity (Wildman–Crippen MR) is 177 cm³/mol. The minimum Gasteiger partial charge on any atom is -0.377 e. The van der Waals surface area contributed by atoms with Gasteiger partial charge in [0.25, 0.3) is 0 Å². The van der Waals surface area contributed by atoms with Gasteiger partial charge in [-0.1, -0.05) is 65.9 Å². The molecule has 1 saturated heterocycles. The monoisotopic (exact) mass is 621 g/mol. The number of anilines is 1. The third kappa shape index (κ3) is 7.88. The lowest BCUT2D eigenvalue weighted by molar-refractivity contribution is -0.0116. The van der Waals surface area contributed by atoms with E-state index in [1.807, 2.05) is 47.3 Å². The Labute approximate surface area is 269 Å². The van der Waals surface area contributed by atoms with Crippen molar-refractivity contribution in [1.29, 1.82) is 5.26 Å². The maximum atomic E-state index is 9.97. The molecule has 1 aromatic heterocycles. The first-order valence-corrected chi connectivity index (χ1v) is 15.8.